The van der Waals surface area contributed by atoms with Gasteiger partial charge < -0.3 is 0 Å². The van der Waals surface area contributed by atoms with Gasteiger partial charge in [-0.2, -0.15) is 0 Å². The third kappa shape index (κ3) is 3.21. The topological polar surface area (TPSA) is 12.9 Å². The second-order valence-corrected chi connectivity index (χ2v) is 3.38. The van der Waals surface area contributed by atoms with Crippen molar-refractivity contribution in [2.75, 3.05) is 0 Å². The predicted molar refractivity (Wildman–Crippen MR) is 68.7 cm³/mol. The van der Waals surface area contributed by atoms with Gasteiger partial charge in [-0.3, -0.25) is 4.98 Å². The van der Waals surface area contributed by atoms with Gasteiger partial charge >= 0.3 is 0 Å². The minimum absolute atomic E-state index is 0.972. The van der Waals surface area contributed by atoms with Crippen molar-refractivity contribution in [1.82, 2.24) is 4.98 Å². The highest BCUT2D eigenvalue weighted by Gasteiger charge is 1.82. The van der Waals surface area contributed by atoms with E-state index in [1.165, 1.54) is 5.56 Å². The van der Waals surface area contributed by atoms with Crippen molar-refractivity contribution in [1.29, 1.82) is 0 Å². The van der Waals surface area contributed by atoms with E-state index in [9.17, 15) is 0 Å². The summed E-state index contributed by atoms with van der Waals surface area (Å²) in [5, 5.41) is 0. The predicted octanol–water partition coefficient (Wildman–Crippen LogP) is 3.81. The number of hydrogen-bond acceptors (Lipinski definition) is 1. The number of rotatable bonds is 3. The number of allylic oxidation sites excluding steroid dienone is 2. The van der Waals surface area contributed by atoms with Gasteiger partial charge in [0.2, 0.25) is 0 Å². The Labute approximate surface area is 95.8 Å². The maximum Gasteiger partial charge on any atom is 0.0629 e. The summed E-state index contributed by atoms with van der Waals surface area (Å²) in [4.78, 5) is 4.20. The van der Waals surface area contributed by atoms with Crippen molar-refractivity contribution < 1.29 is 0 Å². The van der Waals surface area contributed by atoms with Crippen LogP contribution in [0.5, 0.6) is 0 Å². The van der Waals surface area contributed by atoms with Crippen LogP contribution in [0.2, 0.25) is 0 Å². The van der Waals surface area contributed by atoms with Gasteiger partial charge in [0.1, 0.15) is 0 Å². The van der Waals surface area contributed by atoms with Gasteiger partial charge in [0.15, 0.2) is 0 Å². The van der Waals surface area contributed by atoms with E-state index in [2.05, 4.69) is 23.2 Å². The Morgan fingerprint density at radius 3 is 2.25 bits per heavy atom. The fourth-order valence-electron chi connectivity index (χ4n) is 1.36. The third-order valence-corrected chi connectivity index (χ3v) is 2.15. The van der Waals surface area contributed by atoms with Crippen molar-refractivity contribution in [3.05, 3.63) is 78.1 Å². The molecular formula is C15H13N. The second kappa shape index (κ2) is 5.66. The summed E-state index contributed by atoms with van der Waals surface area (Å²) in [6, 6.07) is 16.1. The lowest BCUT2D eigenvalue weighted by molar-refractivity contribution is 1.30. The molecule has 1 aromatic heterocycles. The highest BCUT2D eigenvalue weighted by molar-refractivity contribution is 5.55. The van der Waals surface area contributed by atoms with E-state index >= 15 is 0 Å². The van der Waals surface area contributed by atoms with E-state index in [1.807, 2.05) is 54.6 Å². The average Bonchev–Trinajstić information content (AvgIpc) is 2.37. The molecule has 16 heavy (non-hydrogen) atoms. The quantitative estimate of drug-likeness (QED) is 0.697. The van der Waals surface area contributed by atoms with Crippen molar-refractivity contribution >= 4 is 12.2 Å². The van der Waals surface area contributed by atoms with Crippen LogP contribution in [-0.2, 0) is 0 Å². The molecule has 1 heteroatoms. The lowest BCUT2D eigenvalue weighted by Gasteiger charge is -1.89. The van der Waals surface area contributed by atoms with Crippen LogP contribution in [0.4, 0.5) is 0 Å². The van der Waals surface area contributed by atoms with E-state index in [-0.39, 0.29) is 0 Å². The number of pyridine rings is 1. The zero-order valence-corrected chi connectivity index (χ0v) is 8.95. The second-order valence-electron chi connectivity index (χ2n) is 3.38. The monoisotopic (exact) mass is 207 g/mol. The van der Waals surface area contributed by atoms with Crippen molar-refractivity contribution in [3.8, 4) is 0 Å². The number of aromatic nitrogens is 1. The van der Waals surface area contributed by atoms with Crippen LogP contribution >= 0.6 is 0 Å². The van der Waals surface area contributed by atoms with Crippen molar-refractivity contribution in [2.45, 2.75) is 0 Å². The summed E-state index contributed by atoms with van der Waals surface area (Å²) in [7, 11) is 0. The molecule has 1 heterocycles. The number of benzene rings is 1. The molecule has 0 atom stereocenters. The molecule has 0 spiro atoms. The lowest BCUT2D eigenvalue weighted by Crippen LogP contribution is -1.75. The fourth-order valence-corrected chi connectivity index (χ4v) is 1.36. The van der Waals surface area contributed by atoms with E-state index in [0.29, 0.717) is 0 Å². The van der Waals surface area contributed by atoms with Gasteiger partial charge in [-0.1, -0.05) is 54.6 Å². The van der Waals surface area contributed by atoms with Crippen LogP contribution in [0.25, 0.3) is 12.2 Å². The van der Waals surface area contributed by atoms with Gasteiger partial charge in [-0.15, -0.1) is 0 Å². The molecular weight excluding hydrogens is 194 g/mol. The SMILES string of the molecule is C(C=Cc1ccccn1)=Cc1ccccc1. The zero-order valence-electron chi connectivity index (χ0n) is 8.95. The third-order valence-electron chi connectivity index (χ3n) is 2.15. The van der Waals surface area contributed by atoms with Crippen LogP contribution in [0, 0.1) is 0 Å². The van der Waals surface area contributed by atoms with Gasteiger partial charge in [-0.05, 0) is 23.8 Å². The molecule has 0 N–H and O–H groups in total. The molecule has 1 nitrogen and oxygen atoms in total. The Morgan fingerprint density at radius 1 is 0.750 bits per heavy atom. The Hall–Kier alpha value is -2.15. The molecule has 0 saturated carbocycles. The summed E-state index contributed by atoms with van der Waals surface area (Å²) in [5.41, 5.74) is 2.17. The maximum absolute atomic E-state index is 4.20. The molecule has 78 valence electrons. The fraction of sp³-hybridized carbons (Fsp3) is 0. The molecule has 0 unspecified atom stereocenters. The zero-order chi connectivity index (χ0) is 11.1. The molecule has 0 aliphatic rings. The van der Waals surface area contributed by atoms with Crippen LogP contribution in [-0.4, -0.2) is 4.98 Å². The first-order valence-electron chi connectivity index (χ1n) is 5.26. The lowest BCUT2D eigenvalue weighted by atomic mass is 10.2. The summed E-state index contributed by atoms with van der Waals surface area (Å²) < 4.78 is 0. The molecule has 0 bridgehead atoms. The highest BCUT2D eigenvalue weighted by Crippen LogP contribution is 2.02. The van der Waals surface area contributed by atoms with Crippen molar-refractivity contribution in [2.24, 2.45) is 0 Å². The standard InChI is InChI=1S/C15H13N/c1-2-8-14(9-3-1)10-4-5-11-15-12-6-7-13-16-15/h1-13H. The summed E-state index contributed by atoms with van der Waals surface area (Å²) >= 11 is 0. The Morgan fingerprint density at radius 2 is 1.50 bits per heavy atom. The van der Waals surface area contributed by atoms with Gasteiger partial charge in [0.25, 0.3) is 0 Å². The first kappa shape index (κ1) is 10.4. The van der Waals surface area contributed by atoms with Gasteiger partial charge in [0.05, 0.1) is 5.69 Å². The first-order chi connectivity index (χ1) is 7.95. The molecule has 0 aliphatic carbocycles. The van der Waals surface area contributed by atoms with E-state index in [1.54, 1.807) is 6.20 Å². The minimum atomic E-state index is 0.972. The number of hydrogen-bond donors (Lipinski definition) is 0. The molecule has 2 rings (SSSR count). The van der Waals surface area contributed by atoms with Gasteiger partial charge in [-0.25, -0.2) is 0 Å². The largest absolute Gasteiger partial charge is 0.257 e. The maximum atomic E-state index is 4.20. The van der Waals surface area contributed by atoms with Crippen LogP contribution in [0.15, 0.2) is 66.9 Å². The van der Waals surface area contributed by atoms with E-state index in [0.717, 1.165) is 5.69 Å². The molecule has 1 aromatic carbocycles. The molecule has 2 aromatic rings. The molecule has 0 amide bonds. The molecule has 0 saturated heterocycles. The normalized spacial score (nSPS) is 11.2. The number of nitrogens with zero attached hydrogens (tertiary/aromatic N) is 1. The average molecular weight is 207 g/mol. The Kier molecular flexibility index (Phi) is 3.67. The van der Waals surface area contributed by atoms with E-state index < -0.39 is 0 Å². The molecule has 0 radical (unpaired) electrons. The van der Waals surface area contributed by atoms with Crippen LogP contribution in [0.3, 0.4) is 0 Å². The first-order valence-corrected chi connectivity index (χ1v) is 5.26. The van der Waals surface area contributed by atoms with Crippen LogP contribution < -0.4 is 0 Å². The van der Waals surface area contributed by atoms with Gasteiger partial charge in [0, 0.05) is 6.20 Å². The summed E-state index contributed by atoms with van der Waals surface area (Å²) in [5.74, 6) is 0. The Balaban J connectivity index is 1.98. The molecule has 0 aliphatic heterocycles. The highest BCUT2D eigenvalue weighted by atomic mass is 14.6. The van der Waals surface area contributed by atoms with E-state index in [4.69, 9.17) is 0 Å². The van der Waals surface area contributed by atoms with Crippen LogP contribution in [0.1, 0.15) is 11.3 Å². The smallest absolute Gasteiger partial charge is 0.0629 e. The summed E-state index contributed by atoms with van der Waals surface area (Å²) in [6.07, 6.45) is 9.86. The van der Waals surface area contributed by atoms with Crippen molar-refractivity contribution in [3.63, 3.8) is 0 Å². The minimum Gasteiger partial charge on any atom is -0.257 e. The molecule has 0 fully saturated rings. The Bertz CT molecular complexity index is 422. The summed E-state index contributed by atoms with van der Waals surface area (Å²) in [6.45, 7) is 0.